The first-order valence-electron chi connectivity index (χ1n) is 15.1. The molecule has 0 amide bonds. The van der Waals surface area contributed by atoms with Crippen molar-refractivity contribution in [2.24, 2.45) is 0 Å². The molecule has 1 aromatic heterocycles. The Balaban J connectivity index is 1.33. The fourth-order valence-electron chi connectivity index (χ4n) is 7.44. The van der Waals surface area contributed by atoms with E-state index < -0.39 is 0 Å². The number of nitrogens with zero attached hydrogens (tertiary/aromatic N) is 1. The van der Waals surface area contributed by atoms with Gasteiger partial charge in [0.25, 0.3) is 0 Å². The molecule has 0 aliphatic heterocycles. The molecule has 1 heterocycles. The third kappa shape index (κ3) is 3.72. The number of para-hydroxylation sites is 2. The van der Waals surface area contributed by atoms with E-state index in [0.29, 0.717) is 0 Å². The number of benzene rings is 7. The third-order valence-electron chi connectivity index (χ3n) is 9.28. The van der Waals surface area contributed by atoms with Gasteiger partial charge in [-0.2, -0.15) is 0 Å². The van der Waals surface area contributed by atoms with E-state index in [1.807, 2.05) is 0 Å². The van der Waals surface area contributed by atoms with Crippen LogP contribution in [-0.2, 0) is 0 Å². The van der Waals surface area contributed by atoms with Crippen LogP contribution in [-0.4, -0.2) is 4.57 Å². The standard InChI is InChI=1S/C42H29N/c1-2-14-32(15-3-1)43-39-21-11-10-16-33(39)38-27-31(24-25-40(38)43)42-36-19-8-6-17-34(36)41(35-18-7-9-20-37(35)42)30-23-22-28-12-4-5-13-29(28)26-30/h1-23,25-27,31H,24H2. The van der Waals surface area contributed by atoms with Crippen LogP contribution in [0.3, 0.4) is 0 Å². The molecule has 0 N–H and O–H groups in total. The van der Waals surface area contributed by atoms with Gasteiger partial charge in [-0.25, -0.2) is 0 Å². The Hall–Kier alpha value is -5.40. The van der Waals surface area contributed by atoms with Crippen molar-refractivity contribution < 1.29 is 0 Å². The van der Waals surface area contributed by atoms with Gasteiger partial charge in [0.15, 0.2) is 0 Å². The maximum atomic E-state index is 2.54. The molecule has 0 radical (unpaired) electrons. The molecule has 202 valence electrons. The van der Waals surface area contributed by atoms with Crippen molar-refractivity contribution in [2.75, 3.05) is 0 Å². The highest BCUT2D eigenvalue weighted by atomic mass is 15.0. The summed E-state index contributed by atoms with van der Waals surface area (Å²) in [5.41, 5.74) is 6.48. The van der Waals surface area contributed by atoms with Gasteiger partial charge in [0.1, 0.15) is 0 Å². The van der Waals surface area contributed by atoms with E-state index in [-0.39, 0.29) is 5.92 Å². The Morgan fingerprint density at radius 3 is 1.86 bits per heavy atom. The Labute approximate surface area is 250 Å². The maximum Gasteiger partial charge on any atom is 0.0540 e. The second kappa shape index (κ2) is 9.58. The largest absolute Gasteiger partial charge is 0.310 e. The lowest BCUT2D eigenvalue weighted by molar-refractivity contribution is 0.923. The molecule has 1 aliphatic rings. The van der Waals surface area contributed by atoms with Crippen molar-refractivity contribution in [3.8, 4) is 16.8 Å². The van der Waals surface area contributed by atoms with E-state index in [4.69, 9.17) is 0 Å². The Bertz CT molecular complexity index is 2420. The van der Waals surface area contributed by atoms with Crippen molar-refractivity contribution in [1.82, 2.24) is 4.57 Å². The quantitative estimate of drug-likeness (QED) is 0.194. The zero-order valence-electron chi connectivity index (χ0n) is 23.7. The van der Waals surface area contributed by atoms with E-state index in [1.54, 1.807) is 0 Å². The minimum Gasteiger partial charge on any atom is -0.310 e. The molecule has 0 saturated heterocycles. The highest BCUT2D eigenvalue weighted by molar-refractivity contribution is 6.16. The summed E-state index contributed by atoms with van der Waals surface area (Å²) in [5, 5.41) is 11.8. The monoisotopic (exact) mass is 547 g/mol. The first-order valence-corrected chi connectivity index (χ1v) is 15.1. The second-order valence-electron chi connectivity index (χ2n) is 11.6. The summed E-state index contributed by atoms with van der Waals surface area (Å²) in [6.07, 6.45) is 5.97. The van der Waals surface area contributed by atoms with Gasteiger partial charge in [-0.15, -0.1) is 0 Å². The molecule has 1 nitrogen and oxygen atoms in total. The van der Waals surface area contributed by atoms with E-state index in [0.717, 1.165) is 6.42 Å². The molecule has 0 fully saturated rings. The molecule has 7 aromatic carbocycles. The molecule has 1 heteroatoms. The molecule has 1 atom stereocenters. The molecule has 0 saturated carbocycles. The van der Waals surface area contributed by atoms with Gasteiger partial charge in [-0.1, -0.05) is 133 Å². The first kappa shape index (κ1) is 24.2. The fraction of sp³-hybridized carbons (Fsp3) is 0.0476. The van der Waals surface area contributed by atoms with Crippen LogP contribution in [0.4, 0.5) is 0 Å². The Morgan fingerprint density at radius 2 is 1.12 bits per heavy atom. The number of hydrogen-bond acceptors (Lipinski definition) is 0. The zero-order chi connectivity index (χ0) is 28.3. The number of rotatable bonds is 3. The van der Waals surface area contributed by atoms with E-state index in [2.05, 4.69) is 162 Å². The van der Waals surface area contributed by atoms with Gasteiger partial charge < -0.3 is 4.57 Å². The van der Waals surface area contributed by atoms with E-state index >= 15 is 0 Å². The molecule has 1 unspecified atom stereocenters. The fourth-order valence-corrected chi connectivity index (χ4v) is 7.44. The van der Waals surface area contributed by atoms with Crippen LogP contribution in [0.5, 0.6) is 0 Å². The average molecular weight is 548 g/mol. The number of hydrogen-bond donors (Lipinski definition) is 0. The number of fused-ring (bicyclic) bond motifs is 6. The first-order chi connectivity index (χ1) is 21.3. The highest BCUT2D eigenvalue weighted by Crippen LogP contribution is 2.44. The summed E-state index contributed by atoms with van der Waals surface area (Å²) < 4.78 is 2.43. The van der Waals surface area contributed by atoms with Crippen LogP contribution in [0.15, 0.2) is 146 Å². The SMILES string of the molecule is C1=c2c(n(-c3ccccc3)c3ccccc23)=CCC1c1c2ccccc2c(-c2ccc3ccccc3c2)c2ccccc12. The van der Waals surface area contributed by atoms with Crippen LogP contribution in [0, 0.1) is 0 Å². The molecular weight excluding hydrogens is 518 g/mol. The molecular formula is C42H29N. The van der Waals surface area contributed by atoms with Crippen LogP contribution in [0.2, 0.25) is 0 Å². The minimum absolute atomic E-state index is 0.267. The summed E-state index contributed by atoms with van der Waals surface area (Å²) in [6, 6.07) is 53.2. The summed E-state index contributed by atoms with van der Waals surface area (Å²) in [7, 11) is 0. The van der Waals surface area contributed by atoms with Crippen LogP contribution in [0.1, 0.15) is 17.9 Å². The third-order valence-corrected chi connectivity index (χ3v) is 9.28. The topological polar surface area (TPSA) is 4.93 Å². The molecule has 8 aromatic rings. The van der Waals surface area contributed by atoms with Gasteiger partial charge in [-0.05, 0) is 79.7 Å². The van der Waals surface area contributed by atoms with Crippen molar-refractivity contribution in [2.45, 2.75) is 12.3 Å². The lowest BCUT2D eigenvalue weighted by Crippen LogP contribution is -2.31. The lowest BCUT2D eigenvalue weighted by Gasteiger charge is -2.22. The van der Waals surface area contributed by atoms with E-state index in [1.165, 1.54) is 76.2 Å². The van der Waals surface area contributed by atoms with Crippen LogP contribution < -0.4 is 10.6 Å². The Morgan fingerprint density at radius 1 is 0.512 bits per heavy atom. The van der Waals surface area contributed by atoms with Gasteiger partial charge in [-0.3, -0.25) is 0 Å². The smallest absolute Gasteiger partial charge is 0.0540 e. The lowest BCUT2D eigenvalue weighted by atomic mass is 9.81. The highest BCUT2D eigenvalue weighted by Gasteiger charge is 2.22. The molecule has 0 spiro atoms. The van der Waals surface area contributed by atoms with Gasteiger partial charge in [0.2, 0.25) is 0 Å². The molecule has 0 bridgehead atoms. The predicted molar refractivity (Wildman–Crippen MR) is 183 cm³/mol. The van der Waals surface area contributed by atoms with Gasteiger partial charge in [0.05, 0.1) is 5.52 Å². The van der Waals surface area contributed by atoms with Crippen molar-refractivity contribution in [3.63, 3.8) is 0 Å². The minimum atomic E-state index is 0.267. The second-order valence-corrected chi connectivity index (χ2v) is 11.6. The summed E-state index contributed by atoms with van der Waals surface area (Å²) >= 11 is 0. The van der Waals surface area contributed by atoms with Crippen molar-refractivity contribution in [1.29, 1.82) is 0 Å². The van der Waals surface area contributed by atoms with E-state index in [9.17, 15) is 0 Å². The zero-order valence-corrected chi connectivity index (χ0v) is 23.7. The molecule has 1 aliphatic carbocycles. The summed E-state index contributed by atoms with van der Waals surface area (Å²) in [6.45, 7) is 0. The predicted octanol–water partition coefficient (Wildman–Crippen LogP) is 9.51. The van der Waals surface area contributed by atoms with Crippen LogP contribution >= 0.6 is 0 Å². The van der Waals surface area contributed by atoms with Gasteiger partial charge in [0, 0.05) is 27.6 Å². The maximum absolute atomic E-state index is 2.54. The normalized spacial score (nSPS) is 14.6. The molecule has 43 heavy (non-hydrogen) atoms. The van der Waals surface area contributed by atoms with Gasteiger partial charge >= 0.3 is 0 Å². The van der Waals surface area contributed by atoms with Crippen molar-refractivity contribution >= 4 is 55.4 Å². The number of aromatic nitrogens is 1. The average Bonchev–Trinajstić information content (AvgIpc) is 3.41. The summed E-state index contributed by atoms with van der Waals surface area (Å²) in [4.78, 5) is 0. The molecule has 9 rings (SSSR count). The Kier molecular flexibility index (Phi) is 5.39. The van der Waals surface area contributed by atoms with Crippen molar-refractivity contribution in [3.05, 3.63) is 162 Å². The summed E-state index contributed by atoms with van der Waals surface area (Å²) in [5.74, 6) is 0.267. The van der Waals surface area contributed by atoms with Crippen LogP contribution in [0.25, 0.3) is 72.2 Å².